The molecule has 0 unspecified atom stereocenters. The van der Waals surface area contributed by atoms with Crippen LogP contribution in [0.5, 0.6) is 0 Å². The zero-order valence-corrected chi connectivity index (χ0v) is 31.5. The van der Waals surface area contributed by atoms with Crippen LogP contribution < -0.4 is 0 Å². The number of rotatable bonds is 1. The molecule has 2 radical (unpaired) electrons. The van der Waals surface area contributed by atoms with Gasteiger partial charge in [0.25, 0.3) is 0 Å². The molecule has 0 spiro atoms. The second-order valence-electron chi connectivity index (χ2n) is 10.9. The van der Waals surface area contributed by atoms with Crippen LogP contribution in [0.1, 0.15) is 16.7 Å². The molecular weight excluding hydrogens is 683 g/mol. The van der Waals surface area contributed by atoms with E-state index < -0.39 is 0 Å². The Kier molecular flexibility index (Phi) is 14.0. The number of fused-ring (bicyclic) bond motifs is 7. The van der Waals surface area contributed by atoms with E-state index in [1.807, 2.05) is 0 Å². The first-order chi connectivity index (χ1) is 20.0. The van der Waals surface area contributed by atoms with Crippen LogP contribution in [0.25, 0.3) is 65.0 Å². The Hall–Kier alpha value is -3.00. The van der Waals surface area contributed by atoms with Gasteiger partial charge in [-0.1, -0.05) is 102 Å². The van der Waals surface area contributed by atoms with E-state index in [9.17, 15) is 0 Å². The van der Waals surface area contributed by atoms with Crippen molar-refractivity contribution in [2.24, 2.45) is 0 Å². The van der Waals surface area contributed by atoms with Crippen molar-refractivity contribution >= 4 is 85.6 Å². The van der Waals surface area contributed by atoms with Gasteiger partial charge in [-0.05, 0) is 47.0 Å². The number of benzene rings is 6. The van der Waals surface area contributed by atoms with Gasteiger partial charge in [-0.3, -0.25) is 0 Å². The van der Waals surface area contributed by atoms with Crippen LogP contribution in [0.3, 0.4) is 0 Å². The summed E-state index contributed by atoms with van der Waals surface area (Å²) in [7, 11) is 0. The monoisotopic (exact) mass is 718 g/mol. The van der Waals surface area contributed by atoms with Gasteiger partial charge in [0.15, 0.2) is 0 Å². The molecule has 0 fully saturated rings. The SMILES string of the molecule is Cc1cc2c(-c3cc4ccccc4c4ccccc34)cccc2[cH-]1.Cc1ccc2c(c1)[cH-]c1cc(C)ccc12.Cl.Cl.[CH3-].[CH3-].[Si]=[Zr]. The Labute approximate surface area is 297 Å². The quantitative estimate of drug-likeness (QED) is 0.0900. The van der Waals surface area contributed by atoms with Crippen LogP contribution in [-0.2, 0) is 23.3 Å². The Morgan fingerprint density at radius 1 is 0.444 bits per heavy atom. The third kappa shape index (κ3) is 7.53. The fraction of sp³-hybridized carbons (Fsp3) is 0.0732. The maximum absolute atomic E-state index is 3.06. The molecule has 0 aromatic heterocycles. The zero-order chi connectivity index (χ0) is 28.5. The summed E-state index contributed by atoms with van der Waals surface area (Å²) in [4.78, 5) is 0. The number of hydrogen-bond donors (Lipinski definition) is 0. The molecule has 0 nitrogen and oxygen atoms in total. The average Bonchev–Trinajstić information content (AvgIpc) is 3.56. The van der Waals surface area contributed by atoms with Crippen LogP contribution in [0, 0.1) is 35.6 Å². The summed E-state index contributed by atoms with van der Waals surface area (Å²) in [6.45, 7) is 9.51. The van der Waals surface area contributed by atoms with E-state index in [1.54, 1.807) is 0 Å². The van der Waals surface area contributed by atoms with Crippen LogP contribution in [-0.4, -0.2) is 6.88 Å². The fourth-order valence-electron chi connectivity index (χ4n) is 6.16. The molecule has 8 aromatic carbocycles. The Bertz CT molecular complexity index is 2130. The normalized spacial score (nSPS) is 10.0. The van der Waals surface area contributed by atoms with E-state index >= 15 is 0 Å². The van der Waals surface area contributed by atoms with Crippen molar-refractivity contribution < 1.29 is 23.3 Å². The van der Waals surface area contributed by atoms with E-state index in [0.717, 1.165) is 0 Å². The summed E-state index contributed by atoms with van der Waals surface area (Å²) in [5, 5.41) is 13.4. The standard InChI is InChI=1S/C24H17.C15H13.2CH3.2ClH.Si.Zr/c1-16-13-17-8-6-12-22(23(17)14-16)24-15-18-7-2-3-9-19(18)20-10-4-5-11-21(20)24;1-10-3-5-14-12(7-10)9-13-8-11(2)4-6-15(13)14;;;;;;/h2-15H,1H3;3-9H,1-2H3;2*1H3;2*1H;;/q4*-1;;;;. The molecule has 0 aliphatic carbocycles. The number of halogens is 2. The molecule has 0 saturated heterocycles. The summed E-state index contributed by atoms with van der Waals surface area (Å²) in [6.07, 6.45) is 0. The minimum absolute atomic E-state index is 0. The molecular formula is C41H38Cl2SiZr-4. The molecule has 228 valence electrons. The second kappa shape index (κ2) is 16.5. The predicted octanol–water partition coefficient (Wildman–Crippen LogP) is 12.5. The summed E-state index contributed by atoms with van der Waals surface area (Å²) in [5.74, 6) is 0. The van der Waals surface area contributed by atoms with Crippen molar-refractivity contribution in [1.82, 2.24) is 0 Å². The molecule has 8 rings (SSSR count). The van der Waals surface area contributed by atoms with Crippen molar-refractivity contribution in [1.29, 1.82) is 0 Å². The maximum atomic E-state index is 3.06. The van der Waals surface area contributed by atoms with Gasteiger partial charge in [0, 0.05) is 0 Å². The third-order valence-corrected chi connectivity index (χ3v) is 7.97. The molecule has 0 amide bonds. The minimum atomic E-state index is 0. The summed E-state index contributed by atoms with van der Waals surface area (Å²) < 4.78 is 0. The zero-order valence-electron chi connectivity index (χ0n) is 26.4. The first-order valence-electron chi connectivity index (χ1n) is 13.9. The molecule has 0 aliphatic rings. The van der Waals surface area contributed by atoms with Crippen LogP contribution >= 0.6 is 24.8 Å². The van der Waals surface area contributed by atoms with Gasteiger partial charge < -0.3 is 14.9 Å². The van der Waals surface area contributed by atoms with Gasteiger partial charge in [-0.15, -0.1) is 99.1 Å². The second-order valence-corrected chi connectivity index (χ2v) is 10.9. The first-order valence-corrected chi connectivity index (χ1v) is 18.1. The molecule has 8 aromatic rings. The molecule has 0 atom stereocenters. The number of aryl methyl sites for hydroxylation is 3. The fourth-order valence-corrected chi connectivity index (χ4v) is 6.16. The molecule has 0 N–H and O–H groups in total. The van der Waals surface area contributed by atoms with Crippen molar-refractivity contribution in [3.8, 4) is 11.1 Å². The first kappa shape index (κ1) is 38.2. The van der Waals surface area contributed by atoms with Crippen LogP contribution in [0.4, 0.5) is 0 Å². The third-order valence-electron chi connectivity index (χ3n) is 7.97. The van der Waals surface area contributed by atoms with E-state index in [1.165, 1.54) is 105 Å². The van der Waals surface area contributed by atoms with E-state index in [0.29, 0.717) is 0 Å². The van der Waals surface area contributed by atoms with Gasteiger partial charge >= 0.3 is 30.2 Å². The Morgan fingerprint density at radius 3 is 1.62 bits per heavy atom. The summed E-state index contributed by atoms with van der Waals surface area (Å²) in [6, 6.07) is 46.5. The molecule has 4 heteroatoms. The van der Waals surface area contributed by atoms with E-state index in [4.69, 9.17) is 0 Å². The predicted molar refractivity (Wildman–Crippen MR) is 204 cm³/mol. The van der Waals surface area contributed by atoms with Crippen molar-refractivity contribution in [3.05, 3.63) is 159 Å². The van der Waals surface area contributed by atoms with Gasteiger partial charge in [-0.25, -0.2) is 0 Å². The Balaban J connectivity index is 0.000000295. The molecule has 0 bridgehead atoms. The van der Waals surface area contributed by atoms with Gasteiger partial charge in [0.1, 0.15) is 0 Å². The molecule has 45 heavy (non-hydrogen) atoms. The average molecular weight is 721 g/mol. The summed E-state index contributed by atoms with van der Waals surface area (Å²) >= 11 is 1.36. The van der Waals surface area contributed by atoms with Crippen molar-refractivity contribution in [2.45, 2.75) is 20.8 Å². The van der Waals surface area contributed by atoms with Gasteiger partial charge in [-0.2, -0.15) is 6.07 Å². The topological polar surface area (TPSA) is 0 Å². The van der Waals surface area contributed by atoms with Crippen LogP contribution in [0.2, 0.25) is 0 Å². The van der Waals surface area contributed by atoms with Gasteiger partial charge in [0.2, 0.25) is 0 Å². The van der Waals surface area contributed by atoms with Crippen molar-refractivity contribution in [3.63, 3.8) is 0 Å². The van der Waals surface area contributed by atoms with Crippen LogP contribution in [0.15, 0.2) is 127 Å². The molecule has 0 heterocycles. The summed E-state index contributed by atoms with van der Waals surface area (Å²) in [5.41, 5.74) is 6.62. The Morgan fingerprint density at radius 2 is 1.00 bits per heavy atom. The number of hydrogen-bond acceptors (Lipinski definition) is 0. The van der Waals surface area contributed by atoms with Crippen molar-refractivity contribution in [2.75, 3.05) is 0 Å². The van der Waals surface area contributed by atoms with Gasteiger partial charge in [0.05, 0.1) is 0 Å². The molecule has 0 aliphatic heterocycles. The molecule has 0 saturated carbocycles. The van der Waals surface area contributed by atoms with E-state index in [-0.39, 0.29) is 39.7 Å². The van der Waals surface area contributed by atoms with E-state index in [2.05, 4.69) is 155 Å².